The van der Waals surface area contributed by atoms with Gasteiger partial charge >= 0.3 is 0 Å². The molecular formula is C24H27N5O3S. The van der Waals surface area contributed by atoms with Gasteiger partial charge in [0.05, 0.1) is 12.4 Å². The van der Waals surface area contributed by atoms with Gasteiger partial charge < -0.3 is 14.8 Å². The lowest BCUT2D eigenvalue weighted by atomic mass is 10.1. The van der Waals surface area contributed by atoms with E-state index < -0.39 is 0 Å². The quantitative estimate of drug-likeness (QED) is 0.481. The molecule has 1 aliphatic carbocycles. The van der Waals surface area contributed by atoms with Gasteiger partial charge in [0.1, 0.15) is 17.6 Å². The van der Waals surface area contributed by atoms with Gasteiger partial charge in [0.15, 0.2) is 11.0 Å². The van der Waals surface area contributed by atoms with Gasteiger partial charge in [-0.3, -0.25) is 14.3 Å². The molecule has 1 aromatic carbocycles. The summed E-state index contributed by atoms with van der Waals surface area (Å²) in [6, 6.07) is 8.29. The molecule has 9 heteroatoms. The smallest absolute Gasteiger partial charge is 0.230 e. The summed E-state index contributed by atoms with van der Waals surface area (Å²) >= 11 is 1.41. The highest BCUT2D eigenvalue weighted by Crippen LogP contribution is 2.41. The molecule has 1 amide bonds. The van der Waals surface area contributed by atoms with Crippen molar-refractivity contribution in [2.75, 3.05) is 12.4 Å². The second kappa shape index (κ2) is 9.43. The molecule has 2 aromatic heterocycles. The molecule has 33 heavy (non-hydrogen) atoms. The number of ether oxygens (including phenoxy) is 2. The molecule has 3 aromatic rings. The number of hydrogen-bond donors (Lipinski definition) is 1. The number of aromatic nitrogens is 4. The number of rotatable bonds is 9. The zero-order valence-electron chi connectivity index (χ0n) is 18.8. The standard InChI is InChI=1S/C24H27N5O3S/c1-3-31-20-10-17-9-15(2)32-21(17)11-18(20)13-26-22(30)14-33-24-28-27-23(29(24)19-6-7-19)16-5-4-8-25-12-16/h4-5,8,10-12,15,19H,3,6-7,9,13-14H2,1-2H3,(H,26,30). The third-order valence-electron chi connectivity index (χ3n) is 5.68. The monoisotopic (exact) mass is 465 g/mol. The van der Waals surface area contributed by atoms with E-state index >= 15 is 0 Å². The Balaban J connectivity index is 1.23. The number of carbonyl (C=O) groups excluding carboxylic acids is 1. The molecule has 1 fully saturated rings. The van der Waals surface area contributed by atoms with Crippen LogP contribution in [0.25, 0.3) is 11.4 Å². The molecule has 0 saturated heterocycles. The first-order valence-electron chi connectivity index (χ1n) is 11.3. The van der Waals surface area contributed by atoms with Crippen LogP contribution in [-0.2, 0) is 17.8 Å². The fraction of sp³-hybridized carbons (Fsp3) is 0.417. The zero-order valence-corrected chi connectivity index (χ0v) is 19.6. The number of nitrogens with zero attached hydrogens (tertiary/aromatic N) is 4. The van der Waals surface area contributed by atoms with Crippen molar-refractivity contribution in [3.63, 3.8) is 0 Å². The molecule has 1 aliphatic heterocycles. The Hall–Kier alpha value is -3.07. The van der Waals surface area contributed by atoms with E-state index in [4.69, 9.17) is 9.47 Å². The number of hydrogen-bond acceptors (Lipinski definition) is 7. The van der Waals surface area contributed by atoms with E-state index in [0.717, 1.165) is 58.4 Å². The summed E-state index contributed by atoms with van der Waals surface area (Å²) in [6.45, 7) is 4.97. The number of benzene rings is 1. The molecule has 1 atom stereocenters. The Bertz CT molecular complexity index is 1150. The van der Waals surface area contributed by atoms with E-state index in [2.05, 4.69) is 32.0 Å². The molecule has 8 nitrogen and oxygen atoms in total. The first-order valence-corrected chi connectivity index (χ1v) is 12.3. The first-order chi connectivity index (χ1) is 16.1. The molecule has 0 radical (unpaired) electrons. The lowest BCUT2D eigenvalue weighted by molar-refractivity contribution is -0.118. The highest BCUT2D eigenvalue weighted by atomic mass is 32.2. The van der Waals surface area contributed by atoms with E-state index in [1.165, 1.54) is 11.8 Å². The highest BCUT2D eigenvalue weighted by Gasteiger charge is 2.30. The summed E-state index contributed by atoms with van der Waals surface area (Å²) < 4.78 is 13.8. The SMILES string of the molecule is CCOc1cc2c(cc1CNC(=O)CSc1nnc(-c3cccnc3)n1C1CC1)OC(C)C2. The maximum absolute atomic E-state index is 12.6. The fourth-order valence-corrected chi connectivity index (χ4v) is 4.85. The van der Waals surface area contributed by atoms with E-state index in [1.807, 2.05) is 31.2 Å². The maximum Gasteiger partial charge on any atom is 0.230 e. The maximum atomic E-state index is 12.6. The number of nitrogens with one attached hydrogen (secondary N) is 1. The molecule has 1 saturated carbocycles. The molecule has 0 bridgehead atoms. The van der Waals surface area contributed by atoms with E-state index in [0.29, 0.717) is 19.2 Å². The van der Waals surface area contributed by atoms with Crippen molar-refractivity contribution in [3.8, 4) is 22.9 Å². The van der Waals surface area contributed by atoms with Crippen LogP contribution in [0.5, 0.6) is 11.5 Å². The van der Waals surface area contributed by atoms with Crippen LogP contribution < -0.4 is 14.8 Å². The van der Waals surface area contributed by atoms with Crippen LogP contribution in [0.4, 0.5) is 0 Å². The second-order valence-corrected chi connectivity index (χ2v) is 9.29. The van der Waals surface area contributed by atoms with Gasteiger partial charge in [-0.15, -0.1) is 10.2 Å². The van der Waals surface area contributed by atoms with Crippen molar-refractivity contribution in [3.05, 3.63) is 47.8 Å². The van der Waals surface area contributed by atoms with Crippen molar-refractivity contribution in [1.29, 1.82) is 0 Å². The van der Waals surface area contributed by atoms with Crippen LogP contribution in [0.2, 0.25) is 0 Å². The van der Waals surface area contributed by atoms with Gasteiger partial charge in [0.25, 0.3) is 0 Å². The van der Waals surface area contributed by atoms with Crippen molar-refractivity contribution >= 4 is 17.7 Å². The molecule has 3 heterocycles. The van der Waals surface area contributed by atoms with Crippen molar-refractivity contribution in [2.45, 2.75) is 57.0 Å². The van der Waals surface area contributed by atoms with E-state index in [9.17, 15) is 4.79 Å². The first kappa shape index (κ1) is 21.8. The van der Waals surface area contributed by atoms with Gasteiger partial charge in [-0.05, 0) is 51.0 Å². The molecule has 0 spiro atoms. The normalized spacial score (nSPS) is 16.8. The molecular weight excluding hydrogens is 438 g/mol. The van der Waals surface area contributed by atoms with Crippen molar-refractivity contribution < 1.29 is 14.3 Å². The molecule has 2 aliphatic rings. The Kier molecular flexibility index (Phi) is 6.22. The van der Waals surface area contributed by atoms with Gasteiger partial charge in [0.2, 0.25) is 5.91 Å². The van der Waals surface area contributed by atoms with E-state index in [-0.39, 0.29) is 17.8 Å². The fourth-order valence-electron chi connectivity index (χ4n) is 4.01. The van der Waals surface area contributed by atoms with Crippen LogP contribution in [0.3, 0.4) is 0 Å². The lowest BCUT2D eigenvalue weighted by Gasteiger charge is -2.13. The van der Waals surface area contributed by atoms with Crippen LogP contribution in [0, 0.1) is 0 Å². The minimum Gasteiger partial charge on any atom is -0.494 e. The summed E-state index contributed by atoms with van der Waals surface area (Å²) in [5.41, 5.74) is 3.01. The Morgan fingerprint density at radius 1 is 1.33 bits per heavy atom. The zero-order chi connectivity index (χ0) is 22.8. The highest BCUT2D eigenvalue weighted by molar-refractivity contribution is 7.99. The van der Waals surface area contributed by atoms with Gasteiger partial charge in [0, 0.05) is 48.1 Å². The number of carbonyl (C=O) groups is 1. The summed E-state index contributed by atoms with van der Waals surface area (Å²) in [4.78, 5) is 16.8. The third kappa shape index (κ3) is 4.83. The number of thioether (sulfide) groups is 1. The second-order valence-electron chi connectivity index (χ2n) is 8.35. The third-order valence-corrected chi connectivity index (χ3v) is 6.63. The number of amides is 1. The van der Waals surface area contributed by atoms with E-state index in [1.54, 1.807) is 12.4 Å². The van der Waals surface area contributed by atoms with Crippen molar-refractivity contribution in [1.82, 2.24) is 25.1 Å². The predicted octanol–water partition coefficient (Wildman–Crippen LogP) is 3.81. The van der Waals surface area contributed by atoms with Gasteiger partial charge in [-0.25, -0.2) is 0 Å². The minimum atomic E-state index is -0.0643. The number of fused-ring (bicyclic) bond motifs is 1. The largest absolute Gasteiger partial charge is 0.494 e. The summed E-state index contributed by atoms with van der Waals surface area (Å²) in [7, 11) is 0. The topological polar surface area (TPSA) is 91.2 Å². The summed E-state index contributed by atoms with van der Waals surface area (Å²) in [5.74, 6) is 2.69. The van der Waals surface area contributed by atoms with Crippen molar-refractivity contribution in [2.24, 2.45) is 0 Å². The summed E-state index contributed by atoms with van der Waals surface area (Å²) in [6.07, 6.45) is 6.78. The Labute approximate surface area is 197 Å². The van der Waals surface area contributed by atoms with Crippen LogP contribution in [0.1, 0.15) is 43.9 Å². The predicted molar refractivity (Wildman–Crippen MR) is 125 cm³/mol. The van der Waals surface area contributed by atoms with Gasteiger partial charge in [-0.1, -0.05) is 11.8 Å². The average Bonchev–Trinajstić information content (AvgIpc) is 3.46. The molecule has 172 valence electrons. The molecule has 1 N–H and O–H groups in total. The lowest BCUT2D eigenvalue weighted by Crippen LogP contribution is -2.25. The minimum absolute atomic E-state index is 0.0643. The van der Waals surface area contributed by atoms with Crippen LogP contribution in [0.15, 0.2) is 41.8 Å². The molecule has 1 unspecified atom stereocenters. The number of pyridine rings is 1. The van der Waals surface area contributed by atoms with Gasteiger partial charge in [-0.2, -0.15) is 0 Å². The summed E-state index contributed by atoms with van der Waals surface area (Å²) in [5, 5.41) is 12.5. The Morgan fingerprint density at radius 2 is 2.21 bits per heavy atom. The molecule has 5 rings (SSSR count). The van der Waals surface area contributed by atoms with Crippen LogP contribution >= 0.6 is 11.8 Å². The Morgan fingerprint density at radius 3 is 2.97 bits per heavy atom. The van der Waals surface area contributed by atoms with Crippen LogP contribution in [-0.4, -0.2) is 44.1 Å². The average molecular weight is 466 g/mol.